The summed E-state index contributed by atoms with van der Waals surface area (Å²) >= 11 is 19.3. The molecule has 6 heteroatoms. The topological polar surface area (TPSA) is 30.5 Å². The lowest BCUT2D eigenvalue weighted by molar-refractivity contribution is -0.0206. The molecular weight excluding hydrogens is 465 g/mol. The molecule has 4 aliphatic carbocycles. The molecule has 4 aliphatic rings. The number of rotatable bonds is 8. The predicted octanol–water partition coefficient (Wildman–Crippen LogP) is 7.68. The zero-order valence-electron chi connectivity index (χ0n) is 18.4. The minimum absolute atomic E-state index is 0.225. The maximum Gasteiger partial charge on any atom is 0.180 e. The Bertz CT molecular complexity index is 938. The third kappa shape index (κ3) is 4.59. The molecule has 0 amide bonds. The molecule has 4 saturated carbocycles. The molecule has 0 spiro atoms. The van der Waals surface area contributed by atoms with Gasteiger partial charge in [0.25, 0.3) is 0 Å². The van der Waals surface area contributed by atoms with Gasteiger partial charge in [-0.15, -0.1) is 0 Å². The zero-order chi connectivity index (χ0) is 22.3. The highest BCUT2D eigenvalue weighted by molar-refractivity contribution is 6.36. The van der Waals surface area contributed by atoms with Gasteiger partial charge in [0.15, 0.2) is 11.5 Å². The number of hydrogen-bond donors (Lipinski definition) is 1. The second-order valence-electron chi connectivity index (χ2n) is 9.88. The first-order chi connectivity index (χ1) is 15.4. The molecule has 0 heterocycles. The quantitative estimate of drug-likeness (QED) is 0.408. The summed E-state index contributed by atoms with van der Waals surface area (Å²) in [6.07, 6.45) is 8.31. The monoisotopic (exact) mass is 493 g/mol. The number of hydrogen-bond acceptors (Lipinski definition) is 3. The average molecular weight is 495 g/mol. The standard InChI is InChI=1S/C26H30Cl3NO2/c1-2-31-24-10-19(14-30-26-11-16-6-17(12-26)8-18(7-16)13-26)9-23(29)25(24)32-15-20-21(27)4-3-5-22(20)28/h3-5,9-10,16-18,30H,2,6-8,11-15H2,1H3. The molecule has 0 radical (unpaired) electrons. The lowest BCUT2D eigenvalue weighted by atomic mass is 9.53. The summed E-state index contributed by atoms with van der Waals surface area (Å²) in [7, 11) is 0. The fourth-order valence-corrected chi connectivity index (χ4v) is 7.35. The molecule has 32 heavy (non-hydrogen) atoms. The van der Waals surface area contributed by atoms with Crippen LogP contribution in [0.3, 0.4) is 0 Å². The van der Waals surface area contributed by atoms with Crippen LogP contribution in [0, 0.1) is 17.8 Å². The van der Waals surface area contributed by atoms with Gasteiger partial charge in [-0.25, -0.2) is 0 Å². The molecule has 3 nitrogen and oxygen atoms in total. The third-order valence-corrected chi connectivity index (χ3v) is 8.49. The van der Waals surface area contributed by atoms with E-state index in [1.54, 1.807) is 12.1 Å². The summed E-state index contributed by atoms with van der Waals surface area (Å²) in [6, 6.07) is 9.46. The summed E-state index contributed by atoms with van der Waals surface area (Å²) in [4.78, 5) is 0. The summed E-state index contributed by atoms with van der Waals surface area (Å²) in [6.45, 7) is 3.51. The van der Waals surface area contributed by atoms with Gasteiger partial charge >= 0.3 is 0 Å². The van der Waals surface area contributed by atoms with Gasteiger partial charge in [-0.05, 0) is 93.0 Å². The van der Waals surface area contributed by atoms with E-state index in [4.69, 9.17) is 44.3 Å². The van der Waals surface area contributed by atoms with Crippen LogP contribution in [-0.2, 0) is 13.2 Å². The SMILES string of the molecule is CCOc1cc(CNC23CC4CC(CC(C4)C2)C3)cc(Cl)c1OCc1c(Cl)cccc1Cl. The fourth-order valence-electron chi connectivity index (χ4n) is 6.56. The Morgan fingerprint density at radius 1 is 0.906 bits per heavy atom. The van der Waals surface area contributed by atoms with E-state index in [0.29, 0.717) is 38.7 Å². The highest BCUT2D eigenvalue weighted by Crippen LogP contribution is 2.55. The van der Waals surface area contributed by atoms with E-state index in [-0.39, 0.29) is 6.61 Å². The molecule has 1 N–H and O–H groups in total. The van der Waals surface area contributed by atoms with Crippen molar-refractivity contribution in [2.45, 2.75) is 64.1 Å². The smallest absolute Gasteiger partial charge is 0.180 e. The first-order valence-electron chi connectivity index (χ1n) is 11.7. The molecule has 4 fully saturated rings. The van der Waals surface area contributed by atoms with Crippen molar-refractivity contribution in [1.29, 1.82) is 0 Å². The van der Waals surface area contributed by atoms with Crippen molar-refractivity contribution in [3.8, 4) is 11.5 Å². The molecule has 4 bridgehead atoms. The van der Waals surface area contributed by atoms with E-state index in [0.717, 1.165) is 35.4 Å². The number of benzene rings is 2. The minimum Gasteiger partial charge on any atom is -0.490 e. The van der Waals surface area contributed by atoms with Crippen molar-refractivity contribution >= 4 is 34.8 Å². The molecule has 0 aliphatic heterocycles. The number of ether oxygens (including phenoxy) is 2. The maximum absolute atomic E-state index is 6.67. The first-order valence-corrected chi connectivity index (χ1v) is 12.8. The second-order valence-corrected chi connectivity index (χ2v) is 11.1. The van der Waals surface area contributed by atoms with E-state index < -0.39 is 0 Å². The van der Waals surface area contributed by atoms with Gasteiger partial charge in [0.1, 0.15) is 6.61 Å². The van der Waals surface area contributed by atoms with Gasteiger partial charge in [0, 0.05) is 27.7 Å². The van der Waals surface area contributed by atoms with E-state index in [9.17, 15) is 0 Å². The van der Waals surface area contributed by atoms with Crippen LogP contribution >= 0.6 is 34.8 Å². The van der Waals surface area contributed by atoms with Gasteiger partial charge < -0.3 is 14.8 Å². The number of nitrogens with one attached hydrogen (secondary N) is 1. The Morgan fingerprint density at radius 3 is 2.12 bits per heavy atom. The van der Waals surface area contributed by atoms with Crippen molar-refractivity contribution in [2.75, 3.05) is 6.61 Å². The summed E-state index contributed by atoms with van der Waals surface area (Å²) < 4.78 is 12.0. The van der Waals surface area contributed by atoms with Crippen LogP contribution < -0.4 is 14.8 Å². The van der Waals surface area contributed by atoms with Crippen molar-refractivity contribution in [1.82, 2.24) is 5.32 Å². The van der Waals surface area contributed by atoms with Crippen LogP contribution in [0.2, 0.25) is 15.1 Å². The third-order valence-electron chi connectivity index (χ3n) is 7.50. The Labute approximate surface area is 205 Å². The Hall–Kier alpha value is -1.13. The lowest BCUT2D eigenvalue weighted by Crippen LogP contribution is -2.58. The van der Waals surface area contributed by atoms with Gasteiger partial charge in [0.2, 0.25) is 0 Å². The Morgan fingerprint density at radius 2 is 1.53 bits per heavy atom. The maximum atomic E-state index is 6.67. The zero-order valence-corrected chi connectivity index (χ0v) is 20.7. The molecule has 0 atom stereocenters. The van der Waals surface area contributed by atoms with E-state index in [2.05, 4.69) is 5.32 Å². The van der Waals surface area contributed by atoms with E-state index >= 15 is 0 Å². The normalized spacial score (nSPS) is 28.2. The summed E-state index contributed by atoms with van der Waals surface area (Å²) in [5.41, 5.74) is 2.17. The predicted molar refractivity (Wildman–Crippen MR) is 131 cm³/mol. The van der Waals surface area contributed by atoms with Crippen molar-refractivity contribution < 1.29 is 9.47 Å². The van der Waals surface area contributed by atoms with E-state index in [1.807, 2.05) is 25.1 Å². The summed E-state index contributed by atoms with van der Waals surface area (Å²) in [5, 5.41) is 5.63. The van der Waals surface area contributed by atoms with Crippen LogP contribution in [0.25, 0.3) is 0 Å². The van der Waals surface area contributed by atoms with Crippen LogP contribution in [0.15, 0.2) is 30.3 Å². The van der Waals surface area contributed by atoms with E-state index in [1.165, 1.54) is 38.5 Å². The molecule has 0 aromatic heterocycles. The Balaban J connectivity index is 1.31. The van der Waals surface area contributed by atoms with Crippen molar-refractivity contribution in [3.63, 3.8) is 0 Å². The number of halogens is 3. The molecular formula is C26H30Cl3NO2. The molecule has 2 aromatic rings. The molecule has 0 saturated heterocycles. The van der Waals surface area contributed by atoms with Gasteiger partial charge in [0.05, 0.1) is 11.6 Å². The minimum atomic E-state index is 0.225. The lowest BCUT2D eigenvalue weighted by Gasteiger charge is -2.57. The highest BCUT2D eigenvalue weighted by Gasteiger charge is 2.50. The van der Waals surface area contributed by atoms with Gasteiger partial charge in [-0.2, -0.15) is 0 Å². The summed E-state index contributed by atoms with van der Waals surface area (Å²) in [5.74, 6) is 3.95. The Kier molecular flexibility index (Phi) is 6.55. The van der Waals surface area contributed by atoms with Crippen LogP contribution in [-0.4, -0.2) is 12.1 Å². The second kappa shape index (κ2) is 9.25. The van der Waals surface area contributed by atoms with Crippen LogP contribution in [0.5, 0.6) is 11.5 Å². The van der Waals surface area contributed by atoms with Crippen molar-refractivity contribution in [2.24, 2.45) is 17.8 Å². The van der Waals surface area contributed by atoms with Gasteiger partial charge in [-0.1, -0.05) is 40.9 Å². The largest absolute Gasteiger partial charge is 0.490 e. The first kappa shape index (κ1) is 22.7. The molecule has 0 unspecified atom stereocenters. The van der Waals surface area contributed by atoms with Crippen molar-refractivity contribution in [3.05, 3.63) is 56.5 Å². The highest BCUT2D eigenvalue weighted by atomic mass is 35.5. The fraction of sp³-hybridized carbons (Fsp3) is 0.538. The van der Waals surface area contributed by atoms with Gasteiger partial charge in [-0.3, -0.25) is 0 Å². The van der Waals surface area contributed by atoms with Crippen LogP contribution in [0.1, 0.15) is 56.6 Å². The molecule has 6 rings (SSSR count). The van der Waals surface area contributed by atoms with Crippen LogP contribution in [0.4, 0.5) is 0 Å². The molecule has 2 aromatic carbocycles. The molecule has 172 valence electrons. The average Bonchev–Trinajstić information content (AvgIpc) is 2.73.